The summed E-state index contributed by atoms with van der Waals surface area (Å²) in [5, 5.41) is 0.955. The molecule has 2 N–H and O–H groups in total. The number of anilines is 1. The zero-order valence-electron chi connectivity index (χ0n) is 10.9. The Morgan fingerprint density at radius 1 is 1.39 bits per heavy atom. The largest absolute Gasteiger partial charge is 0.477 e. The first-order valence-electron chi connectivity index (χ1n) is 5.87. The summed E-state index contributed by atoms with van der Waals surface area (Å²) >= 11 is 1.61. The lowest BCUT2D eigenvalue weighted by molar-refractivity contribution is 0.276. The van der Waals surface area contributed by atoms with Crippen LogP contribution in [-0.4, -0.2) is 42.1 Å². The first-order valence-corrected chi connectivity index (χ1v) is 6.69. The van der Waals surface area contributed by atoms with Crippen LogP contribution in [0.2, 0.25) is 0 Å². The molecule has 2 heterocycles. The van der Waals surface area contributed by atoms with Gasteiger partial charge < -0.3 is 15.4 Å². The smallest absolute Gasteiger partial charge is 0.227 e. The molecule has 0 radical (unpaired) electrons. The van der Waals surface area contributed by atoms with E-state index in [0.29, 0.717) is 12.5 Å². The van der Waals surface area contributed by atoms with E-state index in [9.17, 15) is 0 Å². The van der Waals surface area contributed by atoms with Gasteiger partial charge in [0.2, 0.25) is 11.8 Å². The number of rotatable bonds is 5. The maximum Gasteiger partial charge on any atom is 0.227 e. The molecule has 0 unspecified atom stereocenters. The van der Waals surface area contributed by atoms with Crippen molar-refractivity contribution >= 4 is 27.5 Å². The molecule has 0 amide bonds. The second kappa shape index (κ2) is 5.49. The fourth-order valence-electron chi connectivity index (χ4n) is 1.69. The van der Waals surface area contributed by atoms with Crippen LogP contribution in [0.5, 0.6) is 5.88 Å². The predicted molar refractivity (Wildman–Crippen MR) is 75.2 cm³/mol. The molecule has 2 aromatic rings. The minimum absolute atomic E-state index is 0.270. The van der Waals surface area contributed by atoms with Gasteiger partial charge in [-0.2, -0.15) is 4.98 Å². The molecule has 0 saturated heterocycles. The molecule has 0 saturated carbocycles. The predicted octanol–water partition coefficient (Wildman–Crippen LogP) is 1.91. The third kappa shape index (κ3) is 3.08. The standard InChI is InChI=1S/C12H18N4OS/c1-8-7-9-10(17-6-4-5-16(2)3)14-12(13)15-11(9)18-8/h7H,4-6H2,1-3H3,(H2,13,14,15). The average Bonchev–Trinajstić information content (AvgIpc) is 2.64. The Balaban J connectivity index is 2.11. The summed E-state index contributed by atoms with van der Waals surface area (Å²) in [6.07, 6.45) is 0.960. The van der Waals surface area contributed by atoms with Gasteiger partial charge in [-0.15, -0.1) is 11.3 Å². The number of nitrogens with two attached hydrogens (primary N) is 1. The SMILES string of the molecule is Cc1cc2c(OCCCN(C)C)nc(N)nc2s1. The zero-order valence-corrected chi connectivity index (χ0v) is 11.8. The highest BCUT2D eigenvalue weighted by Crippen LogP contribution is 2.30. The van der Waals surface area contributed by atoms with Gasteiger partial charge in [-0.1, -0.05) is 0 Å². The van der Waals surface area contributed by atoms with Crippen molar-refractivity contribution in [2.24, 2.45) is 0 Å². The first-order chi connectivity index (χ1) is 8.56. The van der Waals surface area contributed by atoms with Gasteiger partial charge in [0.15, 0.2) is 0 Å². The van der Waals surface area contributed by atoms with E-state index in [1.54, 1.807) is 11.3 Å². The van der Waals surface area contributed by atoms with Gasteiger partial charge in [0.1, 0.15) is 4.83 Å². The van der Waals surface area contributed by atoms with E-state index >= 15 is 0 Å². The molecule has 0 spiro atoms. The van der Waals surface area contributed by atoms with Crippen molar-refractivity contribution in [3.05, 3.63) is 10.9 Å². The van der Waals surface area contributed by atoms with Gasteiger partial charge >= 0.3 is 0 Å². The molecule has 0 atom stereocenters. The summed E-state index contributed by atoms with van der Waals surface area (Å²) < 4.78 is 5.71. The van der Waals surface area contributed by atoms with Gasteiger partial charge in [0.05, 0.1) is 12.0 Å². The number of hydrogen-bond donors (Lipinski definition) is 1. The molecule has 0 aliphatic rings. The fraction of sp³-hybridized carbons (Fsp3) is 0.500. The summed E-state index contributed by atoms with van der Waals surface area (Å²) in [5.74, 6) is 0.868. The highest BCUT2D eigenvalue weighted by atomic mass is 32.1. The molecular weight excluding hydrogens is 248 g/mol. The molecular formula is C12H18N4OS. The summed E-state index contributed by atoms with van der Waals surface area (Å²) in [7, 11) is 4.09. The van der Waals surface area contributed by atoms with Crippen LogP contribution in [0.25, 0.3) is 10.2 Å². The molecule has 6 heteroatoms. The zero-order chi connectivity index (χ0) is 13.1. The van der Waals surface area contributed by atoms with Crippen LogP contribution < -0.4 is 10.5 Å². The maximum absolute atomic E-state index is 5.71. The molecule has 0 aromatic carbocycles. The summed E-state index contributed by atoms with van der Waals surface area (Å²) in [6, 6.07) is 2.04. The highest BCUT2D eigenvalue weighted by Gasteiger charge is 2.10. The van der Waals surface area contributed by atoms with E-state index in [1.807, 2.05) is 27.1 Å². The van der Waals surface area contributed by atoms with Crippen LogP contribution in [0.3, 0.4) is 0 Å². The molecule has 18 heavy (non-hydrogen) atoms. The topological polar surface area (TPSA) is 64.3 Å². The number of aromatic nitrogens is 2. The number of nitrogen functional groups attached to an aromatic ring is 1. The number of hydrogen-bond acceptors (Lipinski definition) is 6. The Bertz CT molecular complexity index is 538. The Morgan fingerprint density at radius 2 is 2.17 bits per heavy atom. The number of ether oxygens (including phenoxy) is 1. The Morgan fingerprint density at radius 3 is 2.89 bits per heavy atom. The molecule has 0 aliphatic carbocycles. The van der Waals surface area contributed by atoms with Crippen molar-refractivity contribution in [2.75, 3.05) is 33.0 Å². The molecule has 0 bridgehead atoms. The van der Waals surface area contributed by atoms with Gasteiger partial charge in [0, 0.05) is 11.4 Å². The second-order valence-electron chi connectivity index (χ2n) is 4.47. The molecule has 98 valence electrons. The summed E-state index contributed by atoms with van der Waals surface area (Å²) in [5.41, 5.74) is 5.68. The molecule has 0 aliphatic heterocycles. The maximum atomic E-state index is 5.71. The highest BCUT2D eigenvalue weighted by molar-refractivity contribution is 7.18. The summed E-state index contributed by atoms with van der Waals surface area (Å²) in [4.78, 5) is 12.6. The minimum Gasteiger partial charge on any atom is -0.477 e. The van der Waals surface area contributed by atoms with Crippen LogP contribution in [0, 0.1) is 6.92 Å². The quantitative estimate of drug-likeness (QED) is 0.838. The molecule has 2 aromatic heterocycles. The van der Waals surface area contributed by atoms with Gasteiger partial charge in [-0.25, -0.2) is 4.98 Å². The van der Waals surface area contributed by atoms with Crippen LogP contribution in [0.15, 0.2) is 6.07 Å². The van der Waals surface area contributed by atoms with Crippen molar-refractivity contribution in [1.29, 1.82) is 0 Å². The lowest BCUT2D eigenvalue weighted by Crippen LogP contribution is -2.15. The van der Waals surface area contributed by atoms with E-state index in [1.165, 1.54) is 4.88 Å². The second-order valence-corrected chi connectivity index (χ2v) is 5.70. The summed E-state index contributed by atoms with van der Waals surface area (Å²) in [6.45, 7) is 3.67. The van der Waals surface area contributed by atoms with Crippen LogP contribution in [0.1, 0.15) is 11.3 Å². The molecule has 5 nitrogen and oxygen atoms in total. The van der Waals surface area contributed by atoms with E-state index < -0.39 is 0 Å². The molecule has 0 fully saturated rings. The monoisotopic (exact) mass is 266 g/mol. The van der Waals surface area contributed by atoms with Crippen molar-refractivity contribution in [1.82, 2.24) is 14.9 Å². The van der Waals surface area contributed by atoms with E-state index in [4.69, 9.17) is 10.5 Å². The van der Waals surface area contributed by atoms with E-state index in [0.717, 1.165) is 23.2 Å². The Kier molecular flexibility index (Phi) is 3.98. The Labute approximate surface area is 111 Å². The van der Waals surface area contributed by atoms with Crippen molar-refractivity contribution in [3.63, 3.8) is 0 Å². The minimum atomic E-state index is 0.270. The van der Waals surface area contributed by atoms with Gasteiger partial charge in [-0.3, -0.25) is 0 Å². The molecule has 2 rings (SSSR count). The van der Waals surface area contributed by atoms with Gasteiger partial charge in [-0.05, 0) is 33.5 Å². The number of aryl methyl sites for hydroxylation is 1. The van der Waals surface area contributed by atoms with Crippen LogP contribution in [0.4, 0.5) is 5.95 Å². The average molecular weight is 266 g/mol. The number of fused-ring (bicyclic) bond motifs is 1. The third-order valence-corrected chi connectivity index (χ3v) is 3.43. The van der Waals surface area contributed by atoms with Crippen molar-refractivity contribution < 1.29 is 4.74 Å². The lowest BCUT2D eigenvalue weighted by Gasteiger charge is -2.10. The van der Waals surface area contributed by atoms with E-state index in [-0.39, 0.29) is 5.95 Å². The van der Waals surface area contributed by atoms with E-state index in [2.05, 4.69) is 14.9 Å². The third-order valence-electron chi connectivity index (χ3n) is 2.49. The van der Waals surface area contributed by atoms with Gasteiger partial charge in [0.25, 0.3) is 0 Å². The Hall–Kier alpha value is -1.40. The normalized spacial score (nSPS) is 11.3. The number of thiophene rings is 1. The van der Waals surface area contributed by atoms with Crippen molar-refractivity contribution in [2.45, 2.75) is 13.3 Å². The van der Waals surface area contributed by atoms with Crippen LogP contribution in [-0.2, 0) is 0 Å². The lowest BCUT2D eigenvalue weighted by atomic mass is 10.3. The van der Waals surface area contributed by atoms with Crippen molar-refractivity contribution in [3.8, 4) is 5.88 Å². The van der Waals surface area contributed by atoms with Crippen LogP contribution >= 0.6 is 11.3 Å². The first kappa shape index (κ1) is 13.0. The fourth-order valence-corrected chi connectivity index (χ4v) is 2.57. The number of nitrogens with zero attached hydrogens (tertiary/aromatic N) is 3.